The summed E-state index contributed by atoms with van der Waals surface area (Å²) in [6.45, 7) is 0. The molecular formula is C14H11ClFNO2. The predicted molar refractivity (Wildman–Crippen MR) is 72.3 cm³/mol. The van der Waals surface area contributed by atoms with Gasteiger partial charge in [0.1, 0.15) is 11.6 Å². The van der Waals surface area contributed by atoms with Crippen LogP contribution in [0.1, 0.15) is 10.4 Å². The number of carbonyl (C=O) groups is 1. The lowest BCUT2D eigenvalue weighted by molar-refractivity contribution is 0.0989. The van der Waals surface area contributed by atoms with Crippen LogP contribution in [-0.4, -0.2) is 18.1 Å². The third-order valence-electron chi connectivity index (χ3n) is 2.68. The SMILES string of the molecule is CN(C(=O)c1ccc(Cl)cc1F)c1cccc(O)c1. The predicted octanol–water partition coefficient (Wildman–Crippen LogP) is 3.46. The fourth-order valence-electron chi connectivity index (χ4n) is 1.66. The average Bonchev–Trinajstić information content (AvgIpc) is 2.37. The van der Waals surface area contributed by atoms with Gasteiger partial charge in [0.15, 0.2) is 0 Å². The van der Waals surface area contributed by atoms with E-state index in [2.05, 4.69) is 0 Å². The molecule has 3 nitrogen and oxygen atoms in total. The Morgan fingerprint density at radius 1 is 1.26 bits per heavy atom. The zero-order valence-electron chi connectivity index (χ0n) is 10.1. The van der Waals surface area contributed by atoms with Crippen LogP contribution in [0, 0.1) is 5.82 Å². The van der Waals surface area contributed by atoms with Gasteiger partial charge in [-0.1, -0.05) is 17.7 Å². The second-order valence-corrected chi connectivity index (χ2v) is 4.44. The molecule has 0 radical (unpaired) electrons. The molecular weight excluding hydrogens is 269 g/mol. The molecule has 1 N–H and O–H groups in total. The fraction of sp³-hybridized carbons (Fsp3) is 0.0714. The molecule has 2 aromatic carbocycles. The molecule has 0 saturated carbocycles. The molecule has 0 unspecified atom stereocenters. The summed E-state index contributed by atoms with van der Waals surface area (Å²) in [4.78, 5) is 13.4. The number of amides is 1. The standard InChI is InChI=1S/C14H11ClFNO2/c1-17(10-3-2-4-11(18)8-10)14(19)12-6-5-9(15)7-13(12)16/h2-8,18H,1H3. The van der Waals surface area contributed by atoms with E-state index in [4.69, 9.17) is 11.6 Å². The summed E-state index contributed by atoms with van der Waals surface area (Å²) in [7, 11) is 1.51. The van der Waals surface area contributed by atoms with Crippen LogP contribution >= 0.6 is 11.6 Å². The van der Waals surface area contributed by atoms with Gasteiger partial charge in [0.2, 0.25) is 0 Å². The molecule has 0 atom stereocenters. The zero-order valence-corrected chi connectivity index (χ0v) is 10.9. The molecule has 1 amide bonds. The van der Waals surface area contributed by atoms with Gasteiger partial charge in [-0.25, -0.2) is 4.39 Å². The number of phenols is 1. The summed E-state index contributed by atoms with van der Waals surface area (Å²) < 4.78 is 13.7. The van der Waals surface area contributed by atoms with Crippen LogP contribution in [0.2, 0.25) is 5.02 Å². The number of phenolic OH excluding ortho intramolecular Hbond substituents is 1. The van der Waals surface area contributed by atoms with Gasteiger partial charge in [0.25, 0.3) is 5.91 Å². The van der Waals surface area contributed by atoms with Crippen molar-refractivity contribution in [1.82, 2.24) is 0 Å². The third-order valence-corrected chi connectivity index (χ3v) is 2.92. The molecule has 2 rings (SSSR count). The Morgan fingerprint density at radius 3 is 2.63 bits per heavy atom. The van der Waals surface area contributed by atoms with E-state index in [0.717, 1.165) is 6.07 Å². The second-order valence-electron chi connectivity index (χ2n) is 4.01. The first-order valence-corrected chi connectivity index (χ1v) is 5.89. The minimum atomic E-state index is -0.676. The summed E-state index contributed by atoms with van der Waals surface area (Å²) >= 11 is 5.64. The van der Waals surface area contributed by atoms with E-state index >= 15 is 0 Å². The molecule has 0 heterocycles. The molecule has 0 bridgehead atoms. The number of hydrogen-bond donors (Lipinski definition) is 1. The van der Waals surface area contributed by atoms with E-state index in [1.807, 2.05) is 0 Å². The van der Waals surface area contributed by atoms with E-state index in [9.17, 15) is 14.3 Å². The molecule has 19 heavy (non-hydrogen) atoms. The molecule has 0 aliphatic rings. The van der Waals surface area contributed by atoms with Crippen molar-refractivity contribution in [1.29, 1.82) is 0 Å². The molecule has 5 heteroatoms. The monoisotopic (exact) mass is 279 g/mol. The summed E-state index contributed by atoms with van der Waals surface area (Å²) in [6, 6.07) is 10.0. The van der Waals surface area contributed by atoms with Crippen LogP contribution in [0.25, 0.3) is 0 Å². The van der Waals surface area contributed by atoms with Gasteiger partial charge in [-0.2, -0.15) is 0 Å². The highest BCUT2D eigenvalue weighted by Crippen LogP contribution is 2.22. The lowest BCUT2D eigenvalue weighted by Gasteiger charge is -2.18. The Hall–Kier alpha value is -2.07. The number of halogens is 2. The van der Waals surface area contributed by atoms with Gasteiger partial charge in [0.05, 0.1) is 5.56 Å². The van der Waals surface area contributed by atoms with E-state index < -0.39 is 11.7 Å². The average molecular weight is 280 g/mol. The second kappa shape index (κ2) is 5.28. The molecule has 0 aliphatic carbocycles. The Labute approximate surface area is 114 Å². The third kappa shape index (κ3) is 2.85. The van der Waals surface area contributed by atoms with Crippen molar-refractivity contribution in [3.05, 3.63) is 58.9 Å². The minimum absolute atomic E-state index is 0.0359. The molecule has 98 valence electrons. The number of aromatic hydroxyl groups is 1. The largest absolute Gasteiger partial charge is 0.508 e. The maximum absolute atomic E-state index is 13.7. The fourth-order valence-corrected chi connectivity index (χ4v) is 1.82. The van der Waals surface area contributed by atoms with Crippen molar-refractivity contribution in [2.75, 3.05) is 11.9 Å². The number of benzene rings is 2. The Morgan fingerprint density at radius 2 is 2.00 bits per heavy atom. The first-order chi connectivity index (χ1) is 8.99. The van der Waals surface area contributed by atoms with Crippen molar-refractivity contribution in [2.45, 2.75) is 0 Å². The summed E-state index contributed by atoms with van der Waals surface area (Å²) in [5.74, 6) is -1.15. The Kier molecular flexibility index (Phi) is 3.71. The highest BCUT2D eigenvalue weighted by Gasteiger charge is 2.17. The Bertz CT molecular complexity index is 631. The van der Waals surface area contributed by atoms with E-state index in [1.165, 1.54) is 36.2 Å². The summed E-state index contributed by atoms with van der Waals surface area (Å²) in [6.07, 6.45) is 0. The maximum atomic E-state index is 13.7. The number of carbonyl (C=O) groups excluding carboxylic acids is 1. The lowest BCUT2D eigenvalue weighted by atomic mass is 10.1. The molecule has 0 aromatic heterocycles. The minimum Gasteiger partial charge on any atom is -0.508 e. The molecule has 0 spiro atoms. The molecule has 0 aliphatic heterocycles. The van der Waals surface area contributed by atoms with E-state index in [0.29, 0.717) is 5.69 Å². The first-order valence-electron chi connectivity index (χ1n) is 5.51. The first kappa shape index (κ1) is 13.4. The van der Waals surface area contributed by atoms with Crippen LogP contribution in [-0.2, 0) is 0 Å². The van der Waals surface area contributed by atoms with Crippen LogP contribution in [0.5, 0.6) is 5.75 Å². The molecule has 0 saturated heterocycles. The molecule has 0 fully saturated rings. The van der Waals surface area contributed by atoms with Gasteiger partial charge in [-0.3, -0.25) is 4.79 Å². The highest BCUT2D eigenvalue weighted by atomic mass is 35.5. The number of hydrogen-bond acceptors (Lipinski definition) is 2. The normalized spacial score (nSPS) is 10.3. The zero-order chi connectivity index (χ0) is 14.0. The van der Waals surface area contributed by atoms with Crippen molar-refractivity contribution in [3.63, 3.8) is 0 Å². The van der Waals surface area contributed by atoms with Crippen molar-refractivity contribution < 1.29 is 14.3 Å². The van der Waals surface area contributed by atoms with Crippen molar-refractivity contribution in [3.8, 4) is 5.75 Å². The summed E-state index contributed by atoms with van der Waals surface area (Å²) in [5, 5.41) is 9.61. The smallest absolute Gasteiger partial charge is 0.260 e. The molecule has 2 aromatic rings. The highest BCUT2D eigenvalue weighted by molar-refractivity contribution is 6.30. The van der Waals surface area contributed by atoms with Crippen LogP contribution in [0.4, 0.5) is 10.1 Å². The van der Waals surface area contributed by atoms with Crippen LogP contribution in [0.15, 0.2) is 42.5 Å². The van der Waals surface area contributed by atoms with Gasteiger partial charge in [0, 0.05) is 23.8 Å². The number of anilines is 1. The summed E-state index contributed by atoms with van der Waals surface area (Å²) in [5.41, 5.74) is 0.398. The van der Waals surface area contributed by atoms with E-state index in [1.54, 1.807) is 12.1 Å². The van der Waals surface area contributed by atoms with E-state index in [-0.39, 0.29) is 16.3 Å². The van der Waals surface area contributed by atoms with Crippen molar-refractivity contribution >= 4 is 23.2 Å². The van der Waals surface area contributed by atoms with Gasteiger partial charge < -0.3 is 10.0 Å². The maximum Gasteiger partial charge on any atom is 0.260 e. The number of nitrogens with zero attached hydrogens (tertiary/aromatic N) is 1. The Balaban J connectivity index is 2.33. The van der Waals surface area contributed by atoms with Gasteiger partial charge >= 0.3 is 0 Å². The van der Waals surface area contributed by atoms with Crippen molar-refractivity contribution in [2.24, 2.45) is 0 Å². The van der Waals surface area contributed by atoms with Crippen LogP contribution in [0.3, 0.4) is 0 Å². The van der Waals surface area contributed by atoms with Gasteiger partial charge in [-0.05, 0) is 30.3 Å². The van der Waals surface area contributed by atoms with Crippen LogP contribution < -0.4 is 4.90 Å². The number of rotatable bonds is 2. The van der Waals surface area contributed by atoms with Gasteiger partial charge in [-0.15, -0.1) is 0 Å². The topological polar surface area (TPSA) is 40.5 Å². The lowest BCUT2D eigenvalue weighted by Crippen LogP contribution is -2.27. The quantitative estimate of drug-likeness (QED) is 0.914.